The number of nitrogens with one attached hydrogen (secondary N) is 1. The van der Waals surface area contributed by atoms with Gasteiger partial charge in [0.1, 0.15) is 0 Å². The lowest BCUT2D eigenvalue weighted by atomic mass is 10.3. The van der Waals surface area contributed by atoms with E-state index in [1.165, 1.54) is 12.5 Å². The molecule has 0 aromatic carbocycles. The SMILES string of the molecule is COC(CNC(=O)c1csc([N+](=O)[O-])c1)C(=O)O. The van der Waals surface area contributed by atoms with Crippen LogP contribution in [0.3, 0.4) is 0 Å². The Bertz CT molecular complexity index is 471. The van der Waals surface area contributed by atoms with Crippen molar-refractivity contribution in [2.24, 2.45) is 0 Å². The van der Waals surface area contributed by atoms with Crippen LogP contribution in [0.5, 0.6) is 0 Å². The van der Waals surface area contributed by atoms with Crippen molar-refractivity contribution < 1.29 is 24.4 Å². The van der Waals surface area contributed by atoms with Crippen LogP contribution in [0.2, 0.25) is 0 Å². The number of rotatable bonds is 6. The molecule has 2 N–H and O–H groups in total. The minimum atomic E-state index is -1.20. The van der Waals surface area contributed by atoms with Crippen LogP contribution in [0, 0.1) is 10.1 Å². The molecule has 0 saturated heterocycles. The molecule has 1 heterocycles. The molecule has 0 saturated carbocycles. The van der Waals surface area contributed by atoms with E-state index in [4.69, 9.17) is 5.11 Å². The van der Waals surface area contributed by atoms with Gasteiger partial charge in [-0.15, -0.1) is 0 Å². The normalized spacial score (nSPS) is 11.8. The van der Waals surface area contributed by atoms with Crippen LogP contribution in [0.4, 0.5) is 5.00 Å². The third-order valence-corrected chi connectivity index (χ3v) is 2.92. The number of aliphatic carboxylic acids is 1. The number of carbonyl (C=O) groups excluding carboxylic acids is 1. The lowest BCUT2D eigenvalue weighted by Gasteiger charge is -2.10. The molecule has 1 atom stereocenters. The molecule has 0 aliphatic rings. The second-order valence-corrected chi connectivity index (χ2v) is 4.09. The Morgan fingerprint density at radius 2 is 2.33 bits per heavy atom. The highest BCUT2D eigenvalue weighted by atomic mass is 32.1. The van der Waals surface area contributed by atoms with Gasteiger partial charge in [0.2, 0.25) is 0 Å². The summed E-state index contributed by atoms with van der Waals surface area (Å²) < 4.78 is 4.62. The summed E-state index contributed by atoms with van der Waals surface area (Å²) in [4.78, 5) is 32.0. The fraction of sp³-hybridized carbons (Fsp3) is 0.333. The summed E-state index contributed by atoms with van der Waals surface area (Å²) >= 11 is 0.825. The van der Waals surface area contributed by atoms with Crippen LogP contribution < -0.4 is 5.32 Å². The molecule has 9 heteroatoms. The van der Waals surface area contributed by atoms with Crippen molar-refractivity contribution in [3.05, 3.63) is 27.1 Å². The molecule has 1 aromatic rings. The summed E-state index contributed by atoms with van der Waals surface area (Å²) in [6, 6.07) is 1.13. The van der Waals surface area contributed by atoms with E-state index in [1.54, 1.807) is 0 Å². The number of carboxylic acids is 1. The van der Waals surface area contributed by atoms with E-state index in [9.17, 15) is 19.7 Å². The molecule has 0 aliphatic carbocycles. The quantitative estimate of drug-likeness (QED) is 0.575. The Morgan fingerprint density at radius 1 is 1.67 bits per heavy atom. The zero-order valence-corrected chi connectivity index (χ0v) is 10.1. The number of thiophene rings is 1. The van der Waals surface area contributed by atoms with Crippen molar-refractivity contribution in [3.63, 3.8) is 0 Å². The van der Waals surface area contributed by atoms with Crippen LogP contribution in [0.15, 0.2) is 11.4 Å². The molecule has 0 spiro atoms. The second-order valence-electron chi connectivity index (χ2n) is 3.20. The molecule has 1 aromatic heterocycles. The molecular formula is C9H10N2O6S. The molecule has 1 rings (SSSR count). The lowest BCUT2D eigenvalue weighted by molar-refractivity contribution is -0.380. The maximum absolute atomic E-state index is 11.5. The highest BCUT2D eigenvalue weighted by Gasteiger charge is 2.19. The van der Waals surface area contributed by atoms with Crippen LogP contribution in [-0.2, 0) is 9.53 Å². The third-order valence-electron chi connectivity index (χ3n) is 2.04. The number of nitrogens with zero attached hydrogens (tertiary/aromatic N) is 1. The summed E-state index contributed by atoms with van der Waals surface area (Å²) in [5.41, 5.74) is 0.118. The number of ether oxygens (including phenoxy) is 1. The lowest BCUT2D eigenvalue weighted by Crippen LogP contribution is -2.37. The van der Waals surface area contributed by atoms with E-state index in [0.29, 0.717) is 0 Å². The zero-order valence-electron chi connectivity index (χ0n) is 9.28. The number of hydrogen-bond donors (Lipinski definition) is 2. The number of amides is 1. The molecule has 0 aliphatic heterocycles. The molecule has 1 unspecified atom stereocenters. The van der Waals surface area contributed by atoms with E-state index in [1.807, 2.05) is 0 Å². The van der Waals surface area contributed by atoms with E-state index in [2.05, 4.69) is 10.1 Å². The second kappa shape index (κ2) is 6.07. The van der Waals surface area contributed by atoms with Gasteiger partial charge in [-0.05, 0) is 0 Å². The fourth-order valence-electron chi connectivity index (χ4n) is 1.10. The molecule has 0 bridgehead atoms. The van der Waals surface area contributed by atoms with Crippen molar-refractivity contribution >= 4 is 28.2 Å². The molecule has 0 radical (unpaired) electrons. The molecule has 18 heavy (non-hydrogen) atoms. The number of carbonyl (C=O) groups is 2. The van der Waals surface area contributed by atoms with Crippen LogP contribution >= 0.6 is 11.3 Å². The number of carboxylic acid groups (broad SMARTS) is 1. The first-order chi connectivity index (χ1) is 8.45. The Morgan fingerprint density at radius 3 is 2.78 bits per heavy atom. The average molecular weight is 274 g/mol. The molecule has 0 fully saturated rings. The van der Waals surface area contributed by atoms with E-state index in [0.717, 1.165) is 17.4 Å². The van der Waals surface area contributed by atoms with E-state index < -0.39 is 22.9 Å². The molecular weight excluding hydrogens is 264 g/mol. The smallest absolute Gasteiger partial charge is 0.334 e. The summed E-state index contributed by atoms with van der Waals surface area (Å²) in [6.45, 7) is -0.214. The Hall–Kier alpha value is -2.00. The summed E-state index contributed by atoms with van der Waals surface area (Å²) in [7, 11) is 1.21. The highest BCUT2D eigenvalue weighted by molar-refractivity contribution is 7.13. The van der Waals surface area contributed by atoms with Crippen molar-refractivity contribution in [1.29, 1.82) is 0 Å². The maximum atomic E-state index is 11.5. The topological polar surface area (TPSA) is 119 Å². The van der Waals surface area contributed by atoms with Crippen molar-refractivity contribution in [3.8, 4) is 0 Å². The van der Waals surface area contributed by atoms with Gasteiger partial charge < -0.3 is 15.2 Å². The number of hydrogen-bond acceptors (Lipinski definition) is 6. The monoisotopic (exact) mass is 274 g/mol. The Labute approximate surface area is 105 Å². The summed E-state index contributed by atoms with van der Waals surface area (Å²) in [5, 5.41) is 22.6. The van der Waals surface area contributed by atoms with Gasteiger partial charge in [0.05, 0.1) is 17.0 Å². The maximum Gasteiger partial charge on any atom is 0.334 e. The highest BCUT2D eigenvalue weighted by Crippen LogP contribution is 2.22. The van der Waals surface area contributed by atoms with Crippen molar-refractivity contribution in [2.45, 2.75) is 6.10 Å². The van der Waals surface area contributed by atoms with Gasteiger partial charge in [0.15, 0.2) is 6.10 Å². The fourth-order valence-corrected chi connectivity index (χ4v) is 1.80. The predicted octanol–water partition coefficient (Wildman–Crippen LogP) is 0.486. The van der Waals surface area contributed by atoms with Gasteiger partial charge in [0, 0.05) is 18.6 Å². The van der Waals surface area contributed by atoms with Gasteiger partial charge in [-0.1, -0.05) is 11.3 Å². The van der Waals surface area contributed by atoms with E-state index in [-0.39, 0.29) is 17.1 Å². The molecule has 8 nitrogen and oxygen atoms in total. The zero-order chi connectivity index (χ0) is 13.7. The number of methoxy groups -OCH3 is 1. The van der Waals surface area contributed by atoms with Crippen molar-refractivity contribution in [1.82, 2.24) is 5.32 Å². The predicted molar refractivity (Wildman–Crippen MR) is 61.7 cm³/mol. The first kappa shape index (κ1) is 14.1. The number of nitro groups is 1. The van der Waals surface area contributed by atoms with Gasteiger partial charge in [-0.25, -0.2) is 4.79 Å². The van der Waals surface area contributed by atoms with Crippen LogP contribution in [-0.4, -0.2) is 41.7 Å². The average Bonchev–Trinajstić information content (AvgIpc) is 2.78. The molecule has 98 valence electrons. The first-order valence-corrected chi connectivity index (χ1v) is 5.60. The van der Waals surface area contributed by atoms with Crippen LogP contribution in [0.25, 0.3) is 0 Å². The minimum absolute atomic E-state index is 0.118. The largest absolute Gasteiger partial charge is 0.479 e. The standard InChI is InChI=1S/C9H10N2O6S/c1-17-6(9(13)14)3-10-8(12)5-2-7(11(15)16)18-4-5/h2,4,6H,3H2,1H3,(H,10,12)(H,13,14). The summed E-state index contributed by atoms with van der Waals surface area (Å²) in [6.07, 6.45) is -1.15. The van der Waals surface area contributed by atoms with Gasteiger partial charge in [-0.3, -0.25) is 14.9 Å². The van der Waals surface area contributed by atoms with Gasteiger partial charge >= 0.3 is 11.0 Å². The van der Waals surface area contributed by atoms with E-state index >= 15 is 0 Å². The van der Waals surface area contributed by atoms with Crippen LogP contribution in [0.1, 0.15) is 10.4 Å². The first-order valence-electron chi connectivity index (χ1n) is 4.72. The summed E-state index contributed by atoms with van der Waals surface area (Å²) in [5.74, 6) is -1.78. The Kier molecular flexibility index (Phi) is 4.75. The Balaban J connectivity index is 2.59. The minimum Gasteiger partial charge on any atom is -0.479 e. The van der Waals surface area contributed by atoms with Gasteiger partial charge in [-0.2, -0.15) is 0 Å². The van der Waals surface area contributed by atoms with Crippen molar-refractivity contribution in [2.75, 3.05) is 13.7 Å². The third kappa shape index (κ3) is 3.50. The molecule has 1 amide bonds. The van der Waals surface area contributed by atoms with Gasteiger partial charge in [0.25, 0.3) is 5.91 Å².